The van der Waals surface area contributed by atoms with Gasteiger partial charge in [0, 0.05) is 31.1 Å². The molecule has 0 spiro atoms. The van der Waals surface area contributed by atoms with Crippen molar-refractivity contribution in [3.05, 3.63) is 95.1 Å². The summed E-state index contributed by atoms with van der Waals surface area (Å²) in [7, 11) is 1.81. The first kappa shape index (κ1) is 34.4. The van der Waals surface area contributed by atoms with E-state index in [-0.39, 0.29) is 28.6 Å². The Morgan fingerprint density at radius 2 is 1.45 bits per heavy atom. The molecule has 0 aliphatic heterocycles. The molecule has 250 valence electrons. The Morgan fingerprint density at radius 3 is 2.02 bits per heavy atom. The van der Waals surface area contributed by atoms with Crippen molar-refractivity contribution in [3.8, 4) is 11.1 Å². The van der Waals surface area contributed by atoms with E-state index in [0.717, 1.165) is 60.8 Å². The molecule has 3 aromatic rings. The molecule has 0 aromatic heterocycles. The lowest BCUT2D eigenvalue weighted by Crippen LogP contribution is -2.54. The van der Waals surface area contributed by atoms with E-state index in [1.165, 1.54) is 5.56 Å². The summed E-state index contributed by atoms with van der Waals surface area (Å²) in [5, 5.41) is 6.50. The second kappa shape index (κ2) is 13.7. The number of aryl methyl sites for hydroxylation is 1. The first-order valence-corrected chi connectivity index (χ1v) is 17.3. The summed E-state index contributed by atoms with van der Waals surface area (Å²) in [6, 6.07) is 23.4. The van der Waals surface area contributed by atoms with Gasteiger partial charge in [0.25, 0.3) is 5.91 Å². The van der Waals surface area contributed by atoms with Gasteiger partial charge in [-0.2, -0.15) is 0 Å². The molecule has 47 heavy (non-hydrogen) atoms. The lowest BCUT2D eigenvalue weighted by molar-refractivity contribution is -0.145. The number of fused-ring (bicyclic) bond motifs is 3. The van der Waals surface area contributed by atoms with E-state index in [4.69, 9.17) is 0 Å². The van der Waals surface area contributed by atoms with E-state index >= 15 is 0 Å². The maximum atomic E-state index is 14.0. The molecule has 3 amide bonds. The normalized spacial score (nSPS) is 21.3. The van der Waals surface area contributed by atoms with Crippen LogP contribution in [-0.4, -0.2) is 42.8 Å². The van der Waals surface area contributed by atoms with Gasteiger partial charge in [0.05, 0.1) is 0 Å². The van der Waals surface area contributed by atoms with Crippen molar-refractivity contribution in [1.82, 2.24) is 15.5 Å². The molecule has 3 saturated carbocycles. The first-order valence-electron chi connectivity index (χ1n) is 17.3. The van der Waals surface area contributed by atoms with Crippen LogP contribution in [0.3, 0.4) is 0 Å². The number of likely N-dealkylation sites (N-methyl/N-ethyl adjacent to an activating group) is 1. The van der Waals surface area contributed by atoms with Gasteiger partial charge in [-0.15, -0.1) is 0 Å². The Hall–Kier alpha value is -3.93. The van der Waals surface area contributed by atoms with E-state index < -0.39 is 11.5 Å². The zero-order chi connectivity index (χ0) is 34.0. The maximum absolute atomic E-state index is 14.0. The smallest absolute Gasteiger partial charge is 0.251 e. The van der Waals surface area contributed by atoms with E-state index in [1.807, 2.05) is 49.5 Å². The number of carbonyl (C=O) groups excluding carboxylic acids is 3. The van der Waals surface area contributed by atoms with Crippen molar-refractivity contribution in [2.45, 2.75) is 91.5 Å². The fourth-order valence-electron chi connectivity index (χ4n) is 7.68. The summed E-state index contributed by atoms with van der Waals surface area (Å²) < 4.78 is 0. The predicted octanol–water partition coefficient (Wildman–Crippen LogP) is 8.00. The van der Waals surface area contributed by atoms with Gasteiger partial charge in [0.15, 0.2) is 0 Å². The molecule has 3 aliphatic rings. The minimum atomic E-state index is -0.706. The molecule has 6 rings (SSSR count). The van der Waals surface area contributed by atoms with Crippen molar-refractivity contribution in [3.63, 3.8) is 0 Å². The lowest BCUT2D eigenvalue weighted by atomic mass is 9.53. The standard InChI is InChI=1S/C41H53N3O3/c1-28(2)26-44(7)37(46)35(31-13-9-8-10-14-31)43-38(47)41-23-20-40(21-24-41,22-25-41)27-42-36(45)33-15-11-12-29(3)34(33)30-16-18-32(19-17-30)39(4,5)6/h8-19,28,35H,20-27H2,1-7H3,(H,42,45)(H,43,47)/t35-,40?,41?/m0/s1. The maximum Gasteiger partial charge on any atom is 0.251 e. The summed E-state index contributed by atoms with van der Waals surface area (Å²) >= 11 is 0. The van der Waals surface area contributed by atoms with E-state index in [2.05, 4.69) is 82.5 Å². The first-order chi connectivity index (χ1) is 22.2. The molecule has 0 radical (unpaired) electrons. The zero-order valence-corrected chi connectivity index (χ0v) is 29.4. The highest BCUT2D eigenvalue weighted by Gasteiger charge is 2.53. The van der Waals surface area contributed by atoms with Crippen LogP contribution in [0.5, 0.6) is 0 Å². The Labute approximate surface area is 281 Å². The Balaban J connectivity index is 1.25. The summed E-state index contributed by atoms with van der Waals surface area (Å²) in [6.07, 6.45) is 4.94. The van der Waals surface area contributed by atoms with E-state index in [1.54, 1.807) is 4.90 Å². The molecule has 0 heterocycles. The Bertz CT molecular complexity index is 1560. The highest BCUT2D eigenvalue weighted by Crippen LogP contribution is 2.57. The van der Waals surface area contributed by atoms with Crippen LogP contribution in [0, 0.1) is 23.7 Å². The average molecular weight is 636 g/mol. The monoisotopic (exact) mass is 635 g/mol. The van der Waals surface area contributed by atoms with Crippen molar-refractivity contribution in [1.29, 1.82) is 0 Å². The summed E-state index contributed by atoms with van der Waals surface area (Å²) in [6.45, 7) is 14.1. The van der Waals surface area contributed by atoms with Crippen LogP contribution >= 0.6 is 0 Å². The molecule has 6 heteroatoms. The summed E-state index contributed by atoms with van der Waals surface area (Å²) in [4.78, 5) is 43.0. The third-order valence-corrected chi connectivity index (χ3v) is 10.7. The second-order valence-corrected chi connectivity index (χ2v) is 15.7. The fraction of sp³-hybridized carbons (Fsp3) is 0.488. The summed E-state index contributed by atoms with van der Waals surface area (Å²) in [5.41, 5.74) is 5.45. The Morgan fingerprint density at radius 1 is 0.830 bits per heavy atom. The molecular weight excluding hydrogens is 582 g/mol. The Kier molecular flexibility index (Phi) is 10.0. The van der Waals surface area contributed by atoms with Crippen LogP contribution < -0.4 is 10.6 Å². The molecule has 0 unspecified atom stereocenters. The minimum Gasteiger partial charge on any atom is -0.351 e. The van der Waals surface area contributed by atoms with Gasteiger partial charge >= 0.3 is 0 Å². The quantitative estimate of drug-likeness (QED) is 0.237. The molecule has 1 atom stereocenters. The van der Waals surface area contributed by atoms with Crippen LogP contribution in [0.25, 0.3) is 11.1 Å². The van der Waals surface area contributed by atoms with Crippen molar-refractivity contribution in [2.75, 3.05) is 20.1 Å². The van der Waals surface area contributed by atoms with Gasteiger partial charge in [0.2, 0.25) is 11.8 Å². The number of hydrogen-bond acceptors (Lipinski definition) is 3. The van der Waals surface area contributed by atoms with Crippen LogP contribution in [0.2, 0.25) is 0 Å². The van der Waals surface area contributed by atoms with E-state index in [0.29, 0.717) is 24.6 Å². The molecule has 0 saturated heterocycles. The summed E-state index contributed by atoms with van der Waals surface area (Å²) in [5.74, 6) is 0.182. The lowest BCUT2D eigenvalue weighted by Gasteiger charge is -2.52. The van der Waals surface area contributed by atoms with Gasteiger partial charge in [-0.1, -0.05) is 101 Å². The minimum absolute atomic E-state index is 0.0117. The predicted molar refractivity (Wildman–Crippen MR) is 190 cm³/mol. The molecule has 2 bridgehead atoms. The van der Waals surface area contributed by atoms with Crippen molar-refractivity contribution >= 4 is 17.7 Å². The fourth-order valence-corrected chi connectivity index (χ4v) is 7.68. The number of nitrogens with one attached hydrogen (secondary N) is 2. The van der Waals surface area contributed by atoms with Crippen molar-refractivity contribution in [2.24, 2.45) is 16.7 Å². The van der Waals surface area contributed by atoms with Gasteiger partial charge < -0.3 is 15.5 Å². The molecule has 2 N–H and O–H groups in total. The van der Waals surface area contributed by atoms with Crippen LogP contribution in [0.15, 0.2) is 72.8 Å². The molecule has 3 aliphatic carbocycles. The SMILES string of the molecule is Cc1cccc(C(=O)NCC23CCC(C(=O)N[C@H](C(=O)N(C)CC(C)C)c4ccccc4)(CC2)CC3)c1-c1ccc(C(C)(C)C)cc1. The van der Waals surface area contributed by atoms with Crippen LogP contribution in [-0.2, 0) is 15.0 Å². The van der Waals surface area contributed by atoms with Gasteiger partial charge in [-0.25, -0.2) is 0 Å². The molecule has 3 fully saturated rings. The average Bonchev–Trinajstić information content (AvgIpc) is 3.06. The highest BCUT2D eigenvalue weighted by atomic mass is 16.2. The number of benzene rings is 3. The third kappa shape index (κ3) is 7.47. The number of nitrogens with zero attached hydrogens (tertiary/aromatic N) is 1. The largest absolute Gasteiger partial charge is 0.351 e. The number of hydrogen-bond donors (Lipinski definition) is 2. The number of rotatable bonds is 10. The molecular formula is C41H53N3O3. The highest BCUT2D eigenvalue weighted by molar-refractivity contribution is 6.01. The van der Waals surface area contributed by atoms with Gasteiger partial charge in [0.1, 0.15) is 6.04 Å². The van der Waals surface area contributed by atoms with E-state index in [9.17, 15) is 14.4 Å². The number of amides is 3. The second-order valence-electron chi connectivity index (χ2n) is 15.7. The van der Waals surface area contributed by atoms with Gasteiger partial charge in [-0.05, 0) is 96.1 Å². The molecule has 3 aromatic carbocycles. The number of carbonyl (C=O) groups is 3. The van der Waals surface area contributed by atoms with Crippen molar-refractivity contribution < 1.29 is 14.4 Å². The van der Waals surface area contributed by atoms with Crippen LogP contribution in [0.1, 0.15) is 106 Å². The van der Waals surface area contributed by atoms with Gasteiger partial charge in [-0.3, -0.25) is 14.4 Å². The van der Waals surface area contributed by atoms with Crippen LogP contribution in [0.4, 0.5) is 0 Å². The topological polar surface area (TPSA) is 78.5 Å². The molecule has 6 nitrogen and oxygen atoms in total. The zero-order valence-electron chi connectivity index (χ0n) is 29.4. The third-order valence-electron chi connectivity index (χ3n) is 10.7.